The van der Waals surface area contributed by atoms with E-state index in [1.807, 2.05) is 12.4 Å². The van der Waals surface area contributed by atoms with Crippen molar-refractivity contribution in [3.8, 4) is 0 Å². The number of aromatic amines is 1. The van der Waals surface area contributed by atoms with Gasteiger partial charge in [0, 0.05) is 11.7 Å². The third kappa shape index (κ3) is 1.84. The van der Waals surface area contributed by atoms with Crippen molar-refractivity contribution in [1.29, 1.82) is 0 Å². The first-order valence-electron chi connectivity index (χ1n) is 6.46. The molecule has 0 saturated heterocycles. The molecule has 0 saturated carbocycles. The molecule has 3 rings (SSSR count). The van der Waals surface area contributed by atoms with Gasteiger partial charge in [0.25, 0.3) is 0 Å². The zero-order valence-corrected chi connectivity index (χ0v) is 10.8. The summed E-state index contributed by atoms with van der Waals surface area (Å²) in [5.41, 5.74) is 3.86. The van der Waals surface area contributed by atoms with Gasteiger partial charge in [-0.2, -0.15) is 0 Å². The highest BCUT2D eigenvalue weighted by atomic mass is 14.9. The summed E-state index contributed by atoms with van der Waals surface area (Å²) in [7, 11) is 0. The molecule has 1 aliphatic heterocycles. The molecule has 1 aromatic carbocycles. The summed E-state index contributed by atoms with van der Waals surface area (Å²) >= 11 is 0. The first-order chi connectivity index (χ1) is 8.75. The number of hydrogen-bond acceptors (Lipinski definition) is 1. The Hall–Kier alpha value is -1.96. The Morgan fingerprint density at radius 2 is 2.06 bits per heavy atom. The van der Waals surface area contributed by atoms with Crippen LogP contribution in [-0.2, 0) is 0 Å². The van der Waals surface area contributed by atoms with Crippen LogP contribution in [0.4, 0.5) is 0 Å². The van der Waals surface area contributed by atoms with E-state index in [1.54, 1.807) is 0 Å². The molecular formula is C16H18N2. The molecule has 2 nitrogen and oxygen atoms in total. The van der Waals surface area contributed by atoms with Crippen LogP contribution in [0.15, 0.2) is 48.8 Å². The normalized spacial score (nSPS) is 19.1. The molecule has 0 aliphatic carbocycles. The molecule has 2 N–H and O–H groups in total. The molecule has 2 heterocycles. The maximum Gasteiger partial charge on any atom is 0.0537 e. The van der Waals surface area contributed by atoms with Crippen LogP contribution in [0.3, 0.4) is 0 Å². The Balaban J connectivity index is 2.06. The molecule has 2 aromatic rings. The maximum absolute atomic E-state index is 3.45. The maximum atomic E-state index is 3.45. The number of benzene rings is 1. The van der Waals surface area contributed by atoms with E-state index in [4.69, 9.17) is 0 Å². The van der Waals surface area contributed by atoms with Gasteiger partial charge in [0.15, 0.2) is 0 Å². The Morgan fingerprint density at radius 1 is 1.17 bits per heavy atom. The number of rotatable bonds is 2. The molecule has 18 heavy (non-hydrogen) atoms. The molecule has 0 fully saturated rings. The summed E-state index contributed by atoms with van der Waals surface area (Å²) < 4.78 is 0. The largest absolute Gasteiger partial charge is 0.384 e. The molecule has 92 valence electrons. The zero-order valence-electron chi connectivity index (χ0n) is 10.8. The predicted octanol–water partition coefficient (Wildman–Crippen LogP) is 3.69. The van der Waals surface area contributed by atoms with Crippen LogP contribution in [0, 0.1) is 5.92 Å². The van der Waals surface area contributed by atoms with Gasteiger partial charge in [-0.05, 0) is 46.8 Å². The standard InChI is InChI=1S/C16H18N2/c1-11(2)16-14(4-3-8-18-16)13-6-5-12-7-9-17-15(12)10-13/h3-11,16-18H,1-2H3. The second-order valence-corrected chi connectivity index (χ2v) is 5.15. The van der Waals surface area contributed by atoms with Gasteiger partial charge in [-0.1, -0.05) is 32.1 Å². The van der Waals surface area contributed by atoms with Gasteiger partial charge in [-0.3, -0.25) is 0 Å². The second-order valence-electron chi connectivity index (χ2n) is 5.15. The van der Waals surface area contributed by atoms with Crippen molar-refractivity contribution in [3.63, 3.8) is 0 Å². The minimum Gasteiger partial charge on any atom is -0.384 e. The van der Waals surface area contributed by atoms with Crippen LogP contribution >= 0.6 is 0 Å². The number of nitrogens with one attached hydrogen (secondary N) is 2. The molecular weight excluding hydrogens is 220 g/mol. The van der Waals surface area contributed by atoms with Gasteiger partial charge in [0.05, 0.1) is 6.04 Å². The lowest BCUT2D eigenvalue weighted by Crippen LogP contribution is -2.32. The molecule has 1 aliphatic rings. The molecule has 0 radical (unpaired) electrons. The topological polar surface area (TPSA) is 27.8 Å². The Morgan fingerprint density at radius 3 is 2.89 bits per heavy atom. The molecule has 2 heteroatoms. The lowest BCUT2D eigenvalue weighted by atomic mass is 9.89. The van der Waals surface area contributed by atoms with Crippen LogP contribution in [0.1, 0.15) is 19.4 Å². The quantitative estimate of drug-likeness (QED) is 0.820. The third-order valence-corrected chi connectivity index (χ3v) is 3.54. The van der Waals surface area contributed by atoms with Gasteiger partial charge in [-0.25, -0.2) is 0 Å². The fourth-order valence-corrected chi connectivity index (χ4v) is 2.56. The number of dihydropyridines is 1. The SMILES string of the molecule is CC(C)C1NC=CC=C1c1ccc2cc[nH]c2c1. The van der Waals surface area contributed by atoms with Crippen molar-refractivity contribution < 1.29 is 0 Å². The highest BCUT2D eigenvalue weighted by Crippen LogP contribution is 2.27. The first-order valence-corrected chi connectivity index (χ1v) is 6.46. The monoisotopic (exact) mass is 238 g/mol. The van der Waals surface area contributed by atoms with E-state index in [9.17, 15) is 0 Å². The summed E-state index contributed by atoms with van der Waals surface area (Å²) in [6.07, 6.45) is 8.31. The fourth-order valence-electron chi connectivity index (χ4n) is 2.56. The van der Waals surface area contributed by atoms with Gasteiger partial charge < -0.3 is 10.3 Å². The third-order valence-electron chi connectivity index (χ3n) is 3.54. The van der Waals surface area contributed by atoms with Crippen molar-refractivity contribution in [1.82, 2.24) is 10.3 Å². The second kappa shape index (κ2) is 4.37. The number of H-pyrrole nitrogens is 1. The Bertz CT molecular complexity index is 617. The number of hydrogen-bond donors (Lipinski definition) is 2. The zero-order chi connectivity index (χ0) is 12.5. The Kier molecular flexibility index (Phi) is 2.71. The highest BCUT2D eigenvalue weighted by molar-refractivity contribution is 5.85. The van der Waals surface area contributed by atoms with Crippen molar-refractivity contribution in [3.05, 3.63) is 54.4 Å². The minimum atomic E-state index is 0.391. The predicted molar refractivity (Wildman–Crippen MR) is 77.2 cm³/mol. The van der Waals surface area contributed by atoms with Crippen molar-refractivity contribution >= 4 is 16.5 Å². The van der Waals surface area contributed by atoms with Gasteiger partial charge >= 0.3 is 0 Å². The van der Waals surface area contributed by atoms with Gasteiger partial charge in [-0.15, -0.1) is 0 Å². The lowest BCUT2D eigenvalue weighted by molar-refractivity contribution is 0.524. The highest BCUT2D eigenvalue weighted by Gasteiger charge is 2.19. The smallest absolute Gasteiger partial charge is 0.0537 e. The summed E-state index contributed by atoms with van der Waals surface area (Å²) in [6, 6.07) is 9.11. The van der Waals surface area contributed by atoms with E-state index >= 15 is 0 Å². The van der Waals surface area contributed by atoms with E-state index < -0.39 is 0 Å². The van der Waals surface area contributed by atoms with Crippen LogP contribution in [0.2, 0.25) is 0 Å². The minimum absolute atomic E-state index is 0.391. The van der Waals surface area contributed by atoms with E-state index in [2.05, 4.69) is 60.6 Å². The van der Waals surface area contributed by atoms with Crippen LogP contribution < -0.4 is 5.32 Å². The average molecular weight is 238 g/mol. The molecule has 1 unspecified atom stereocenters. The summed E-state index contributed by atoms with van der Waals surface area (Å²) in [5, 5.41) is 4.71. The average Bonchev–Trinajstić information content (AvgIpc) is 2.85. The first kappa shape index (κ1) is 11.1. The van der Waals surface area contributed by atoms with E-state index in [1.165, 1.54) is 22.0 Å². The molecule has 0 spiro atoms. The van der Waals surface area contributed by atoms with Crippen molar-refractivity contribution in [2.75, 3.05) is 0 Å². The summed E-state index contributed by atoms with van der Waals surface area (Å²) in [6.45, 7) is 4.50. The lowest BCUT2D eigenvalue weighted by Gasteiger charge is -2.27. The molecule has 0 bridgehead atoms. The van der Waals surface area contributed by atoms with Crippen LogP contribution in [-0.4, -0.2) is 11.0 Å². The Labute approximate surface area is 107 Å². The molecule has 0 amide bonds. The van der Waals surface area contributed by atoms with Crippen molar-refractivity contribution in [2.45, 2.75) is 19.9 Å². The van der Waals surface area contributed by atoms with Crippen molar-refractivity contribution in [2.24, 2.45) is 5.92 Å². The van der Waals surface area contributed by atoms with E-state index in [-0.39, 0.29) is 0 Å². The van der Waals surface area contributed by atoms with Crippen LogP contribution in [0.5, 0.6) is 0 Å². The van der Waals surface area contributed by atoms with Crippen LogP contribution in [0.25, 0.3) is 16.5 Å². The van der Waals surface area contributed by atoms with E-state index in [0.29, 0.717) is 12.0 Å². The fraction of sp³-hybridized carbons (Fsp3) is 0.250. The number of aromatic nitrogens is 1. The van der Waals surface area contributed by atoms with Gasteiger partial charge in [0.1, 0.15) is 0 Å². The van der Waals surface area contributed by atoms with Gasteiger partial charge in [0.2, 0.25) is 0 Å². The van der Waals surface area contributed by atoms with E-state index in [0.717, 1.165) is 0 Å². The number of fused-ring (bicyclic) bond motifs is 1. The number of allylic oxidation sites excluding steroid dienone is 2. The summed E-state index contributed by atoms with van der Waals surface area (Å²) in [5.74, 6) is 0.570. The summed E-state index contributed by atoms with van der Waals surface area (Å²) in [4.78, 5) is 3.28. The molecule has 1 aromatic heterocycles. The molecule has 1 atom stereocenters.